The fourth-order valence-corrected chi connectivity index (χ4v) is 1.20. The smallest absolute Gasteiger partial charge is 0.243 e. The monoisotopic (exact) mass is 211 g/mol. The summed E-state index contributed by atoms with van der Waals surface area (Å²) in [5.41, 5.74) is 0.242. The van der Waals surface area contributed by atoms with Gasteiger partial charge in [-0.2, -0.15) is 0 Å². The van der Waals surface area contributed by atoms with Crippen molar-refractivity contribution < 1.29 is 13.6 Å². The normalized spacial score (nSPS) is 11.9. The molecule has 0 aliphatic heterocycles. The van der Waals surface area contributed by atoms with Gasteiger partial charge in [-0.3, -0.25) is 4.79 Å². The zero-order valence-electron chi connectivity index (χ0n) is 8.26. The molecule has 0 saturated carbocycles. The maximum absolute atomic E-state index is 13.2. The van der Waals surface area contributed by atoms with Gasteiger partial charge in [-0.05, 0) is 19.1 Å². The number of benzene rings is 1. The predicted octanol–water partition coefficient (Wildman–Crippen LogP) is 2.33. The molecule has 1 N–H and O–H groups in total. The molecular formula is C11H11F2NO. The molecule has 0 aliphatic rings. The molecule has 0 fully saturated rings. The van der Waals surface area contributed by atoms with Crippen molar-refractivity contribution in [2.45, 2.75) is 13.0 Å². The van der Waals surface area contributed by atoms with Crippen LogP contribution < -0.4 is 5.32 Å². The molecule has 80 valence electrons. The zero-order valence-corrected chi connectivity index (χ0v) is 8.26. The van der Waals surface area contributed by atoms with Crippen LogP contribution in [0.2, 0.25) is 0 Å². The maximum atomic E-state index is 13.2. The van der Waals surface area contributed by atoms with Crippen LogP contribution in [0.25, 0.3) is 0 Å². The standard InChI is InChI=1S/C11H11F2NO/c1-3-11(15)14-7(2)9-5-4-8(12)6-10(9)13/h3-7H,1H2,2H3,(H,14,15)/t7-/m1/s1. The summed E-state index contributed by atoms with van der Waals surface area (Å²) in [6.45, 7) is 4.89. The number of hydrogen-bond acceptors (Lipinski definition) is 1. The molecule has 0 unspecified atom stereocenters. The second-order valence-corrected chi connectivity index (χ2v) is 3.10. The van der Waals surface area contributed by atoms with Crippen LogP contribution in [0, 0.1) is 11.6 Å². The Kier molecular flexibility index (Phi) is 3.55. The van der Waals surface area contributed by atoms with Gasteiger partial charge in [-0.15, -0.1) is 0 Å². The summed E-state index contributed by atoms with van der Waals surface area (Å²) in [5.74, 6) is -1.71. The third-order valence-electron chi connectivity index (χ3n) is 1.97. The Bertz CT molecular complexity index is 390. The number of rotatable bonds is 3. The lowest BCUT2D eigenvalue weighted by Crippen LogP contribution is -2.25. The van der Waals surface area contributed by atoms with Crippen LogP contribution in [0.1, 0.15) is 18.5 Å². The molecule has 1 rings (SSSR count). The first-order valence-corrected chi connectivity index (χ1v) is 4.42. The zero-order chi connectivity index (χ0) is 11.4. The van der Waals surface area contributed by atoms with Gasteiger partial charge in [0, 0.05) is 11.6 Å². The van der Waals surface area contributed by atoms with E-state index in [1.165, 1.54) is 6.07 Å². The van der Waals surface area contributed by atoms with Gasteiger partial charge < -0.3 is 5.32 Å². The molecule has 0 heterocycles. The third-order valence-corrected chi connectivity index (χ3v) is 1.97. The molecule has 0 aromatic heterocycles. The average molecular weight is 211 g/mol. The lowest BCUT2D eigenvalue weighted by Gasteiger charge is -2.13. The molecule has 2 nitrogen and oxygen atoms in total. The van der Waals surface area contributed by atoms with Crippen molar-refractivity contribution in [3.8, 4) is 0 Å². The second kappa shape index (κ2) is 4.68. The Hall–Kier alpha value is -1.71. The topological polar surface area (TPSA) is 29.1 Å². The molecule has 0 bridgehead atoms. The molecule has 0 saturated heterocycles. The fourth-order valence-electron chi connectivity index (χ4n) is 1.20. The van der Waals surface area contributed by atoms with Crippen LogP contribution in [-0.2, 0) is 4.79 Å². The fraction of sp³-hybridized carbons (Fsp3) is 0.182. The van der Waals surface area contributed by atoms with E-state index in [9.17, 15) is 13.6 Å². The first-order chi connectivity index (χ1) is 7.04. The number of amides is 1. The van der Waals surface area contributed by atoms with Gasteiger partial charge in [0.25, 0.3) is 0 Å². The van der Waals surface area contributed by atoms with Crippen molar-refractivity contribution in [2.24, 2.45) is 0 Å². The minimum Gasteiger partial charge on any atom is -0.346 e. The quantitative estimate of drug-likeness (QED) is 0.764. The Morgan fingerprint density at radius 2 is 2.20 bits per heavy atom. The van der Waals surface area contributed by atoms with Gasteiger partial charge in [-0.1, -0.05) is 12.6 Å². The maximum Gasteiger partial charge on any atom is 0.243 e. The van der Waals surface area contributed by atoms with Gasteiger partial charge in [0.15, 0.2) is 0 Å². The summed E-state index contributed by atoms with van der Waals surface area (Å²) >= 11 is 0. The van der Waals surface area contributed by atoms with E-state index in [0.29, 0.717) is 0 Å². The number of carbonyl (C=O) groups is 1. The SMILES string of the molecule is C=CC(=O)N[C@H](C)c1ccc(F)cc1F. The average Bonchev–Trinajstić information content (AvgIpc) is 2.17. The van der Waals surface area contributed by atoms with Crippen LogP contribution in [0.5, 0.6) is 0 Å². The van der Waals surface area contributed by atoms with Crippen molar-refractivity contribution >= 4 is 5.91 Å². The molecule has 1 atom stereocenters. The van der Waals surface area contributed by atoms with Gasteiger partial charge >= 0.3 is 0 Å². The summed E-state index contributed by atoms with van der Waals surface area (Å²) < 4.78 is 25.8. The van der Waals surface area contributed by atoms with E-state index >= 15 is 0 Å². The van der Waals surface area contributed by atoms with Crippen molar-refractivity contribution in [3.63, 3.8) is 0 Å². The molecule has 4 heteroatoms. The first kappa shape index (κ1) is 11.4. The second-order valence-electron chi connectivity index (χ2n) is 3.10. The lowest BCUT2D eigenvalue weighted by atomic mass is 10.1. The van der Waals surface area contributed by atoms with Crippen LogP contribution >= 0.6 is 0 Å². The first-order valence-electron chi connectivity index (χ1n) is 4.42. The largest absolute Gasteiger partial charge is 0.346 e. The Morgan fingerprint density at radius 3 is 2.73 bits per heavy atom. The van der Waals surface area contributed by atoms with Crippen molar-refractivity contribution in [1.82, 2.24) is 5.32 Å². The van der Waals surface area contributed by atoms with E-state index in [0.717, 1.165) is 18.2 Å². The third kappa shape index (κ3) is 2.87. The number of halogens is 2. The van der Waals surface area contributed by atoms with Crippen molar-refractivity contribution in [3.05, 3.63) is 48.1 Å². The molecular weight excluding hydrogens is 200 g/mol. The predicted molar refractivity (Wildman–Crippen MR) is 53.1 cm³/mol. The van der Waals surface area contributed by atoms with E-state index in [1.54, 1.807) is 6.92 Å². The van der Waals surface area contributed by atoms with Gasteiger partial charge in [0.2, 0.25) is 5.91 Å². The highest BCUT2D eigenvalue weighted by atomic mass is 19.1. The molecule has 0 spiro atoms. The Morgan fingerprint density at radius 1 is 1.53 bits per heavy atom. The highest BCUT2D eigenvalue weighted by Gasteiger charge is 2.12. The Balaban J connectivity index is 2.86. The van der Waals surface area contributed by atoms with Gasteiger partial charge in [0.05, 0.1) is 6.04 Å². The minimum absolute atomic E-state index is 0.242. The Labute approximate surface area is 86.6 Å². The lowest BCUT2D eigenvalue weighted by molar-refractivity contribution is -0.117. The van der Waals surface area contributed by atoms with Crippen LogP contribution in [0.15, 0.2) is 30.9 Å². The van der Waals surface area contributed by atoms with Gasteiger partial charge in [-0.25, -0.2) is 8.78 Å². The highest BCUT2D eigenvalue weighted by molar-refractivity contribution is 5.87. The molecule has 1 aromatic rings. The minimum atomic E-state index is -0.674. The van der Waals surface area contributed by atoms with E-state index in [1.807, 2.05) is 0 Å². The summed E-state index contributed by atoms with van der Waals surface area (Å²) in [4.78, 5) is 10.9. The summed E-state index contributed by atoms with van der Waals surface area (Å²) in [6.07, 6.45) is 1.10. The van der Waals surface area contributed by atoms with Gasteiger partial charge in [0.1, 0.15) is 11.6 Å². The number of hydrogen-bond donors (Lipinski definition) is 1. The number of carbonyl (C=O) groups excluding carboxylic acids is 1. The summed E-state index contributed by atoms with van der Waals surface area (Å²) in [7, 11) is 0. The van der Waals surface area contributed by atoms with E-state index in [4.69, 9.17) is 0 Å². The molecule has 15 heavy (non-hydrogen) atoms. The van der Waals surface area contributed by atoms with Crippen molar-refractivity contribution in [1.29, 1.82) is 0 Å². The van der Waals surface area contributed by atoms with Crippen LogP contribution in [0.4, 0.5) is 8.78 Å². The molecule has 1 amide bonds. The summed E-state index contributed by atoms with van der Waals surface area (Å²) in [6, 6.07) is 2.72. The van der Waals surface area contributed by atoms with E-state index in [-0.39, 0.29) is 5.56 Å². The molecule has 0 aliphatic carbocycles. The van der Waals surface area contributed by atoms with Crippen LogP contribution in [0.3, 0.4) is 0 Å². The highest BCUT2D eigenvalue weighted by Crippen LogP contribution is 2.17. The van der Waals surface area contributed by atoms with Crippen LogP contribution in [-0.4, -0.2) is 5.91 Å². The molecule has 0 radical (unpaired) electrons. The summed E-state index contributed by atoms with van der Waals surface area (Å²) in [5, 5.41) is 2.49. The van der Waals surface area contributed by atoms with E-state index in [2.05, 4.69) is 11.9 Å². The van der Waals surface area contributed by atoms with Crippen molar-refractivity contribution in [2.75, 3.05) is 0 Å². The molecule has 1 aromatic carbocycles. The van der Waals surface area contributed by atoms with E-state index < -0.39 is 23.6 Å². The number of nitrogens with one attached hydrogen (secondary N) is 1.